The SMILES string of the molecule is COCCN(CCC(N)=NO)C(=O)c1ccccn1. The summed E-state index contributed by atoms with van der Waals surface area (Å²) in [5, 5.41) is 11.4. The largest absolute Gasteiger partial charge is 0.409 e. The average Bonchev–Trinajstić information content (AvgIpc) is 2.47. The smallest absolute Gasteiger partial charge is 0.272 e. The van der Waals surface area contributed by atoms with Gasteiger partial charge in [0.25, 0.3) is 5.91 Å². The number of rotatable bonds is 7. The van der Waals surface area contributed by atoms with Gasteiger partial charge in [0.15, 0.2) is 0 Å². The second kappa shape index (κ2) is 8.04. The van der Waals surface area contributed by atoms with Crippen LogP contribution in [0.2, 0.25) is 0 Å². The Morgan fingerprint density at radius 3 is 2.89 bits per heavy atom. The zero-order chi connectivity index (χ0) is 14.1. The molecule has 1 aromatic heterocycles. The van der Waals surface area contributed by atoms with Crippen molar-refractivity contribution in [2.75, 3.05) is 26.8 Å². The first kappa shape index (κ1) is 14.9. The number of carbonyl (C=O) groups excluding carboxylic acids is 1. The van der Waals surface area contributed by atoms with E-state index in [0.29, 0.717) is 31.8 Å². The lowest BCUT2D eigenvalue weighted by atomic mass is 10.3. The molecule has 1 heterocycles. The van der Waals surface area contributed by atoms with Crippen LogP contribution >= 0.6 is 0 Å². The number of oxime groups is 1. The second-order valence-corrected chi connectivity index (χ2v) is 3.84. The lowest BCUT2D eigenvalue weighted by molar-refractivity contribution is 0.0695. The van der Waals surface area contributed by atoms with E-state index in [1.165, 1.54) is 0 Å². The molecule has 19 heavy (non-hydrogen) atoms. The van der Waals surface area contributed by atoms with E-state index in [0.717, 1.165) is 0 Å². The van der Waals surface area contributed by atoms with Crippen LogP contribution in [0.1, 0.15) is 16.9 Å². The molecule has 7 heteroatoms. The number of ether oxygens (including phenoxy) is 1. The average molecular weight is 266 g/mol. The Morgan fingerprint density at radius 1 is 1.53 bits per heavy atom. The number of nitrogens with zero attached hydrogens (tertiary/aromatic N) is 3. The fourth-order valence-electron chi connectivity index (χ4n) is 1.47. The van der Waals surface area contributed by atoms with Crippen LogP contribution in [0.5, 0.6) is 0 Å². The summed E-state index contributed by atoms with van der Waals surface area (Å²) in [6, 6.07) is 5.14. The molecule has 0 saturated heterocycles. The number of hydrogen-bond acceptors (Lipinski definition) is 5. The predicted octanol–water partition coefficient (Wildman–Crippen LogP) is 0.307. The molecule has 1 rings (SSSR count). The molecule has 3 N–H and O–H groups in total. The Morgan fingerprint density at radius 2 is 2.32 bits per heavy atom. The van der Waals surface area contributed by atoms with Crippen molar-refractivity contribution in [3.63, 3.8) is 0 Å². The predicted molar refractivity (Wildman–Crippen MR) is 70.0 cm³/mol. The van der Waals surface area contributed by atoms with Crippen LogP contribution in [-0.2, 0) is 4.74 Å². The van der Waals surface area contributed by atoms with Crippen molar-refractivity contribution in [1.82, 2.24) is 9.88 Å². The normalized spacial score (nSPS) is 11.3. The number of nitrogens with two attached hydrogens (primary N) is 1. The third-order valence-electron chi connectivity index (χ3n) is 2.50. The van der Waals surface area contributed by atoms with Crippen molar-refractivity contribution < 1.29 is 14.7 Å². The van der Waals surface area contributed by atoms with E-state index in [-0.39, 0.29) is 11.7 Å². The van der Waals surface area contributed by atoms with Gasteiger partial charge in [0.1, 0.15) is 11.5 Å². The van der Waals surface area contributed by atoms with Gasteiger partial charge in [-0.25, -0.2) is 0 Å². The fourth-order valence-corrected chi connectivity index (χ4v) is 1.47. The fraction of sp³-hybridized carbons (Fsp3) is 0.417. The van der Waals surface area contributed by atoms with Gasteiger partial charge in [0.2, 0.25) is 0 Å². The number of carbonyl (C=O) groups is 1. The maximum Gasteiger partial charge on any atom is 0.272 e. The maximum absolute atomic E-state index is 12.2. The van der Waals surface area contributed by atoms with Crippen LogP contribution in [0, 0.1) is 0 Å². The van der Waals surface area contributed by atoms with Crippen LogP contribution in [0.3, 0.4) is 0 Å². The molecule has 0 bridgehead atoms. The maximum atomic E-state index is 12.2. The van der Waals surface area contributed by atoms with Gasteiger partial charge >= 0.3 is 0 Å². The lowest BCUT2D eigenvalue weighted by Crippen LogP contribution is -2.36. The van der Waals surface area contributed by atoms with Gasteiger partial charge in [-0.2, -0.15) is 0 Å². The van der Waals surface area contributed by atoms with Crippen molar-refractivity contribution in [3.8, 4) is 0 Å². The van der Waals surface area contributed by atoms with Crippen LogP contribution in [0.25, 0.3) is 0 Å². The number of amides is 1. The molecule has 0 aliphatic heterocycles. The lowest BCUT2D eigenvalue weighted by Gasteiger charge is -2.21. The van der Waals surface area contributed by atoms with Crippen LogP contribution < -0.4 is 5.73 Å². The van der Waals surface area contributed by atoms with Crippen LogP contribution in [0.15, 0.2) is 29.6 Å². The highest BCUT2D eigenvalue weighted by Gasteiger charge is 2.16. The van der Waals surface area contributed by atoms with E-state index in [2.05, 4.69) is 10.1 Å². The quantitative estimate of drug-likeness (QED) is 0.320. The summed E-state index contributed by atoms with van der Waals surface area (Å²) >= 11 is 0. The van der Waals surface area contributed by atoms with E-state index in [1.807, 2.05) is 0 Å². The first-order valence-electron chi connectivity index (χ1n) is 5.84. The van der Waals surface area contributed by atoms with Crippen molar-refractivity contribution in [2.45, 2.75) is 6.42 Å². The Labute approximate surface area is 111 Å². The molecule has 0 saturated carbocycles. The number of hydrogen-bond donors (Lipinski definition) is 2. The van der Waals surface area contributed by atoms with Crippen molar-refractivity contribution in [1.29, 1.82) is 0 Å². The molecule has 0 atom stereocenters. The summed E-state index contributed by atoms with van der Waals surface area (Å²) in [6.07, 6.45) is 1.85. The van der Waals surface area contributed by atoms with E-state index >= 15 is 0 Å². The molecule has 104 valence electrons. The highest BCUT2D eigenvalue weighted by Crippen LogP contribution is 2.02. The molecule has 0 fully saturated rings. The number of methoxy groups -OCH3 is 1. The van der Waals surface area contributed by atoms with Crippen molar-refractivity contribution >= 4 is 11.7 Å². The monoisotopic (exact) mass is 266 g/mol. The number of pyridine rings is 1. The van der Waals surface area contributed by atoms with Gasteiger partial charge < -0.3 is 20.6 Å². The van der Waals surface area contributed by atoms with Gasteiger partial charge in [0.05, 0.1) is 6.61 Å². The highest BCUT2D eigenvalue weighted by atomic mass is 16.5. The minimum Gasteiger partial charge on any atom is -0.409 e. The Bertz CT molecular complexity index is 422. The molecule has 0 spiro atoms. The third kappa shape index (κ3) is 4.92. The third-order valence-corrected chi connectivity index (χ3v) is 2.50. The van der Waals surface area contributed by atoms with Gasteiger partial charge in [-0.3, -0.25) is 9.78 Å². The zero-order valence-electron chi connectivity index (χ0n) is 10.8. The molecule has 1 amide bonds. The minimum atomic E-state index is -0.205. The zero-order valence-corrected chi connectivity index (χ0v) is 10.8. The number of amidine groups is 1. The Kier molecular flexibility index (Phi) is 6.31. The molecule has 0 aliphatic rings. The topological polar surface area (TPSA) is 101 Å². The molecule has 7 nitrogen and oxygen atoms in total. The standard InChI is InChI=1S/C12H18N4O3/c1-19-9-8-16(7-5-11(13)15-18)12(17)10-4-2-3-6-14-10/h2-4,6,18H,5,7-9H2,1H3,(H2,13,15). The first-order chi connectivity index (χ1) is 9.19. The highest BCUT2D eigenvalue weighted by molar-refractivity contribution is 5.92. The van der Waals surface area contributed by atoms with E-state index in [9.17, 15) is 4.79 Å². The van der Waals surface area contributed by atoms with Crippen LogP contribution in [0.4, 0.5) is 0 Å². The van der Waals surface area contributed by atoms with E-state index < -0.39 is 0 Å². The van der Waals surface area contributed by atoms with Gasteiger partial charge in [-0.15, -0.1) is 0 Å². The molecular formula is C12H18N4O3. The minimum absolute atomic E-state index is 0.0798. The molecule has 0 unspecified atom stereocenters. The first-order valence-corrected chi connectivity index (χ1v) is 5.84. The summed E-state index contributed by atoms with van der Waals surface area (Å²) in [6.45, 7) is 1.17. The number of aromatic nitrogens is 1. The second-order valence-electron chi connectivity index (χ2n) is 3.84. The summed E-state index contributed by atoms with van der Waals surface area (Å²) in [4.78, 5) is 17.8. The van der Waals surface area contributed by atoms with Gasteiger partial charge in [-0.05, 0) is 12.1 Å². The summed E-state index contributed by atoms with van der Waals surface area (Å²) in [7, 11) is 1.56. The van der Waals surface area contributed by atoms with Crippen molar-refractivity contribution in [2.24, 2.45) is 10.9 Å². The Balaban J connectivity index is 2.70. The van der Waals surface area contributed by atoms with Gasteiger partial charge in [-0.1, -0.05) is 11.2 Å². The Hall–Kier alpha value is -2.15. The molecule has 1 aromatic rings. The van der Waals surface area contributed by atoms with E-state index in [1.54, 1.807) is 36.4 Å². The molecular weight excluding hydrogens is 248 g/mol. The van der Waals surface area contributed by atoms with E-state index in [4.69, 9.17) is 15.7 Å². The molecule has 0 aromatic carbocycles. The summed E-state index contributed by atoms with van der Waals surface area (Å²) < 4.78 is 4.97. The van der Waals surface area contributed by atoms with Gasteiger partial charge in [0, 0.05) is 32.8 Å². The molecule has 0 radical (unpaired) electrons. The summed E-state index contributed by atoms with van der Waals surface area (Å²) in [5.74, 6) is -0.125. The van der Waals surface area contributed by atoms with Crippen LogP contribution in [-0.4, -0.2) is 53.6 Å². The van der Waals surface area contributed by atoms with Crippen molar-refractivity contribution in [3.05, 3.63) is 30.1 Å². The summed E-state index contributed by atoms with van der Waals surface area (Å²) in [5.41, 5.74) is 5.76. The molecule has 0 aliphatic carbocycles.